The molecule has 0 aliphatic carbocycles. The van der Waals surface area contributed by atoms with Crippen molar-refractivity contribution in [2.45, 2.75) is 13.3 Å². The molecule has 0 aliphatic heterocycles. The zero-order chi connectivity index (χ0) is 10.6. The van der Waals surface area contributed by atoms with Crippen molar-refractivity contribution in [1.82, 2.24) is 5.32 Å². The third-order valence-corrected chi connectivity index (χ3v) is 2.86. The third kappa shape index (κ3) is 3.49. The third-order valence-electron chi connectivity index (χ3n) is 2.12. The summed E-state index contributed by atoms with van der Waals surface area (Å²) in [6.45, 7) is 3.22. The summed E-state index contributed by atoms with van der Waals surface area (Å²) in [5.74, 6) is 0.609. The van der Waals surface area contributed by atoms with Gasteiger partial charge in [-0.1, -0.05) is 36.2 Å². The minimum atomic E-state index is 0.609. The quantitative estimate of drug-likeness (QED) is 0.838. The van der Waals surface area contributed by atoms with Crippen molar-refractivity contribution in [3.63, 3.8) is 0 Å². The van der Waals surface area contributed by atoms with Gasteiger partial charge >= 0.3 is 0 Å². The Hall–Kier alpha value is -0.240. The highest BCUT2D eigenvalue weighted by atomic mass is 35.5. The fourth-order valence-corrected chi connectivity index (χ4v) is 1.81. The molecule has 0 fully saturated rings. The zero-order valence-corrected chi connectivity index (χ0v) is 9.99. The van der Waals surface area contributed by atoms with Gasteiger partial charge in [-0.05, 0) is 43.6 Å². The lowest BCUT2D eigenvalue weighted by atomic mass is 10.0. The molecule has 1 atom stereocenters. The molecule has 1 rings (SSSR count). The number of benzene rings is 1. The molecule has 0 saturated carbocycles. The Morgan fingerprint density at radius 3 is 2.57 bits per heavy atom. The second kappa shape index (κ2) is 5.59. The second-order valence-corrected chi connectivity index (χ2v) is 4.43. The number of halogens is 2. The Balaban J connectivity index is 2.63. The van der Waals surface area contributed by atoms with Gasteiger partial charge in [0, 0.05) is 0 Å². The van der Waals surface area contributed by atoms with Crippen LogP contribution in [0.1, 0.15) is 12.5 Å². The van der Waals surface area contributed by atoms with Gasteiger partial charge in [-0.15, -0.1) is 0 Å². The molecule has 1 aromatic carbocycles. The molecule has 0 aliphatic rings. The van der Waals surface area contributed by atoms with Gasteiger partial charge in [-0.25, -0.2) is 0 Å². The van der Waals surface area contributed by atoms with E-state index in [1.54, 1.807) is 0 Å². The first-order chi connectivity index (χ1) is 6.63. The van der Waals surface area contributed by atoms with E-state index in [4.69, 9.17) is 23.2 Å². The van der Waals surface area contributed by atoms with Crippen LogP contribution in [-0.2, 0) is 6.42 Å². The minimum Gasteiger partial charge on any atom is -0.319 e. The maximum absolute atomic E-state index is 5.93. The van der Waals surface area contributed by atoms with Gasteiger partial charge in [0.2, 0.25) is 0 Å². The summed E-state index contributed by atoms with van der Waals surface area (Å²) in [6, 6.07) is 5.82. The topological polar surface area (TPSA) is 12.0 Å². The van der Waals surface area contributed by atoms with E-state index in [1.807, 2.05) is 25.2 Å². The van der Waals surface area contributed by atoms with Gasteiger partial charge in [0.1, 0.15) is 0 Å². The molecule has 1 unspecified atom stereocenters. The molecule has 0 aromatic heterocycles. The number of hydrogen-bond acceptors (Lipinski definition) is 1. The fraction of sp³-hybridized carbons (Fsp3) is 0.455. The predicted octanol–water partition coefficient (Wildman–Crippen LogP) is 3.39. The monoisotopic (exact) mass is 231 g/mol. The first-order valence-corrected chi connectivity index (χ1v) is 5.47. The van der Waals surface area contributed by atoms with Crippen molar-refractivity contribution in [3.8, 4) is 0 Å². The SMILES string of the molecule is CNCC(C)Cc1ccc(Cl)c(Cl)c1. The molecular weight excluding hydrogens is 217 g/mol. The highest BCUT2D eigenvalue weighted by Gasteiger charge is 2.04. The van der Waals surface area contributed by atoms with Crippen molar-refractivity contribution >= 4 is 23.2 Å². The Kier molecular flexibility index (Phi) is 4.73. The zero-order valence-electron chi connectivity index (χ0n) is 8.48. The van der Waals surface area contributed by atoms with Gasteiger partial charge in [-0.3, -0.25) is 0 Å². The number of nitrogens with one attached hydrogen (secondary N) is 1. The highest BCUT2D eigenvalue weighted by molar-refractivity contribution is 6.42. The normalized spacial score (nSPS) is 12.9. The molecule has 0 saturated heterocycles. The van der Waals surface area contributed by atoms with Crippen LogP contribution in [0.25, 0.3) is 0 Å². The van der Waals surface area contributed by atoms with Crippen LogP contribution in [0.5, 0.6) is 0 Å². The highest BCUT2D eigenvalue weighted by Crippen LogP contribution is 2.23. The molecular formula is C11H15Cl2N. The van der Waals surface area contributed by atoms with Crippen LogP contribution >= 0.6 is 23.2 Å². The van der Waals surface area contributed by atoms with Crippen LogP contribution in [0, 0.1) is 5.92 Å². The molecule has 0 amide bonds. The lowest BCUT2D eigenvalue weighted by Gasteiger charge is -2.10. The summed E-state index contributed by atoms with van der Waals surface area (Å²) >= 11 is 11.8. The molecule has 14 heavy (non-hydrogen) atoms. The molecule has 0 radical (unpaired) electrons. The van der Waals surface area contributed by atoms with Crippen LogP contribution in [0.15, 0.2) is 18.2 Å². The standard InChI is InChI=1S/C11H15Cl2N/c1-8(7-14-2)5-9-3-4-10(12)11(13)6-9/h3-4,6,8,14H,5,7H2,1-2H3. The summed E-state index contributed by atoms with van der Waals surface area (Å²) in [5, 5.41) is 4.42. The lowest BCUT2D eigenvalue weighted by molar-refractivity contribution is 0.542. The van der Waals surface area contributed by atoms with Crippen LogP contribution in [0.2, 0.25) is 10.0 Å². The molecule has 78 valence electrons. The van der Waals surface area contributed by atoms with E-state index < -0.39 is 0 Å². The number of rotatable bonds is 4. The molecule has 0 bridgehead atoms. The van der Waals surface area contributed by atoms with Crippen molar-refractivity contribution in [1.29, 1.82) is 0 Å². The van der Waals surface area contributed by atoms with E-state index in [2.05, 4.69) is 12.2 Å². The molecule has 1 nitrogen and oxygen atoms in total. The van der Waals surface area contributed by atoms with Crippen LogP contribution in [0.3, 0.4) is 0 Å². The van der Waals surface area contributed by atoms with Gasteiger partial charge in [0.15, 0.2) is 0 Å². The van der Waals surface area contributed by atoms with E-state index in [0.29, 0.717) is 16.0 Å². The van der Waals surface area contributed by atoms with Crippen LogP contribution in [-0.4, -0.2) is 13.6 Å². The van der Waals surface area contributed by atoms with Crippen molar-refractivity contribution in [3.05, 3.63) is 33.8 Å². The Labute approximate surface area is 95.4 Å². The van der Waals surface area contributed by atoms with E-state index in [9.17, 15) is 0 Å². The van der Waals surface area contributed by atoms with E-state index in [0.717, 1.165) is 13.0 Å². The summed E-state index contributed by atoms with van der Waals surface area (Å²) in [4.78, 5) is 0. The first kappa shape index (κ1) is 11.8. The minimum absolute atomic E-state index is 0.609. The molecule has 0 spiro atoms. The predicted molar refractivity (Wildman–Crippen MR) is 63.3 cm³/mol. The van der Waals surface area contributed by atoms with E-state index in [1.165, 1.54) is 5.56 Å². The van der Waals surface area contributed by atoms with Crippen molar-refractivity contribution in [2.75, 3.05) is 13.6 Å². The Morgan fingerprint density at radius 1 is 1.29 bits per heavy atom. The van der Waals surface area contributed by atoms with E-state index in [-0.39, 0.29) is 0 Å². The Bertz CT molecular complexity index is 299. The molecule has 3 heteroatoms. The van der Waals surface area contributed by atoms with Gasteiger partial charge in [-0.2, -0.15) is 0 Å². The number of hydrogen-bond donors (Lipinski definition) is 1. The van der Waals surface area contributed by atoms with Crippen LogP contribution in [0.4, 0.5) is 0 Å². The summed E-state index contributed by atoms with van der Waals surface area (Å²) in [6.07, 6.45) is 1.03. The van der Waals surface area contributed by atoms with Crippen molar-refractivity contribution < 1.29 is 0 Å². The van der Waals surface area contributed by atoms with Crippen molar-refractivity contribution in [2.24, 2.45) is 5.92 Å². The maximum atomic E-state index is 5.93. The lowest BCUT2D eigenvalue weighted by Crippen LogP contribution is -2.17. The van der Waals surface area contributed by atoms with Gasteiger partial charge < -0.3 is 5.32 Å². The molecule has 1 aromatic rings. The smallest absolute Gasteiger partial charge is 0.0595 e. The summed E-state index contributed by atoms with van der Waals surface area (Å²) < 4.78 is 0. The second-order valence-electron chi connectivity index (χ2n) is 3.62. The maximum Gasteiger partial charge on any atom is 0.0595 e. The summed E-state index contributed by atoms with van der Waals surface area (Å²) in [7, 11) is 1.96. The van der Waals surface area contributed by atoms with Gasteiger partial charge in [0.05, 0.1) is 10.0 Å². The first-order valence-electron chi connectivity index (χ1n) is 4.72. The van der Waals surface area contributed by atoms with Crippen LogP contribution < -0.4 is 5.32 Å². The van der Waals surface area contributed by atoms with E-state index >= 15 is 0 Å². The van der Waals surface area contributed by atoms with Gasteiger partial charge in [0.25, 0.3) is 0 Å². The largest absolute Gasteiger partial charge is 0.319 e. The molecule has 1 N–H and O–H groups in total. The average Bonchev–Trinajstić information content (AvgIpc) is 2.12. The molecule has 0 heterocycles. The fourth-order valence-electron chi connectivity index (χ4n) is 1.49. The Morgan fingerprint density at radius 2 is 2.00 bits per heavy atom. The average molecular weight is 232 g/mol. The summed E-state index contributed by atoms with van der Waals surface area (Å²) in [5.41, 5.74) is 1.24.